The Balaban J connectivity index is 2.07. The van der Waals surface area contributed by atoms with Gasteiger partial charge >= 0.3 is 0 Å². The minimum absolute atomic E-state index is 0.0203. The average Bonchev–Trinajstić information content (AvgIpc) is 2.85. The van der Waals surface area contributed by atoms with Crippen LogP contribution in [-0.4, -0.2) is 41.9 Å². The number of nitro groups is 1. The highest BCUT2D eigenvalue weighted by Crippen LogP contribution is 2.24. The van der Waals surface area contributed by atoms with Crippen LogP contribution in [0.5, 0.6) is 0 Å². The first-order valence-corrected chi connectivity index (χ1v) is 6.94. The molecule has 7 nitrogen and oxygen atoms in total. The first-order chi connectivity index (χ1) is 9.99. The van der Waals surface area contributed by atoms with Gasteiger partial charge in [0.25, 0.3) is 5.69 Å². The standard InChI is InChI=1S/C14H20N4O3/c1-10(19)16-12-5-6-17(9-12)8-11-7-13(18(20)21)3-4-14(11)15-2/h3-4,7,12,15H,5-6,8-9H2,1-2H3,(H,16,19). The third-order valence-corrected chi connectivity index (χ3v) is 3.64. The van der Waals surface area contributed by atoms with Crippen LogP contribution in [0, 0.1) is 10.1 Å². The lowest BCUT2D eigenvalue weighted by Gasteiger charge is -2.18. The number of nitrogens with zero attached hydrogens (tertiary/aromatic N) is 2. The molecule has 1 aromatic rings. The molecule has 1 amide bonds. The number of rotatable bonds is 5. The molecule has 114 valence electrons. The van der Waals surface area contributed by atoms with Gasteiger partial charge in [-0.15, -0.1) is 0 Å². The van der Waals surface area contributed by atoms with E-state index in [4.69, 9.17) is 0 Å². The number of amides is 1. The second-order valence-corrected chi connectivity index (χ2v) is 5.27. The minimum Gasteiger partial charge on any atom is -0.388 e. The van der Waals surface area contributed by atoms with E-state index in [1.165, 1.54) is 13.0 Å². The van der Waals surface area contributed by atoms with E-state index in [9.17, 15) is 14.9 Å². The number of nitrogens with one attached hydrogen (secondary N) is 2. The number of carbonyl (C=O) groups is 1. The lowest BCUT2D eigenvalue weighted by Crippen LogP contribution is -2.35. The van der Waals surface area contributed by atoms with E-state index in [0.29, 0.717) is 6.54 Å². The molecule has 0 aliphatic carbocycles. The molecule has 0 aromatic heterocycles. The number of hydrogen-bond acceptors (Lipinski definition) is 5. The van der Waals surface area contributed by atoms with Gasteiger partial charge in [-0.05, 0) is 18.1 Å². The molecule has 1 atom stereocenters. The second kappa shape index (κ2) is 6.53. The molecule has 1 unspecified atom stereocenters. The summed E-state index contributed by atoms with van der Waals surface area (Å²) in [4.78, 5) is 23.8. The Bertz CT molecular complexity index is 547. The molecule has 2 rings (SSSR count). The maximum atomic E-state index is 11.1. The van der Waals surface area contributed by atoms with Gasteiger partial charge in [-0.3, -0.25) is 19.8 Å². The van der Waals surface area contributed by atoms with Crippen LogP contribution in [0.4, 0.5) is 11.4 Å². The number of benzene rings is 1. The molecule has 1 heterocycles. The van der Waals surface area contributed by atoms with E-state index < -0.39 is 0 Å². The summed E-state index contributed by atoms with van der Waals surface area (Å²) in [5.74, 6) is -0.0203. The van der Waals surface area contributed by atoms with E-state index in [1.54, 1.807) is 19.2 Å². The predicted molar refractivity (Wildman–Crippen MR) is 80.1 cm³/mol. The maximum absolute atomic E-state index is 11.1. The van der Waals surface area contributed by atoms with Crippen LogP contribution in [0.1, 0.15) is 18.9 Å². The fourth-order valence-electron chi connectivity index (χ4n) is 2.69. The molecule has 1 aromatic carbocycles. The highest BCUT2D eigenvalue weighted by Gasteiger charge is 2.24. The van der Waals surface area contributed by atoms with Crippen LogP contribution >= 0.6 is 0 Å². The van der Waals surface area contributed by atoms with Gasteiger partial charge in [-0.2, -0.15) is 0 Å². The molecule has 7 heteroatoms. The topological polar surface area (TPSA) is 87.5 Å². The van der Waals surface area contributed by atoms with E-state index in [0.717, 1.165) is 30.8 Å². The number of hydrogen-bond donors (Lipinski definition) is 2. The van der Waals surface area contributed by atoms with Gasteiger partial charge in [-0.25, -0.2) is 0 Å². The van der Waals surface area contributed by atoms with Gasteiger partial charge < -0.3 is 10.6 Å². The lowest BCUT2D eigenvalue weighted by atomic mass is 10.1. The van der Waals surface area contributed by atoms with Crippen LogP contribution in [0.3, 0.4) is 0 Å². The number of carbonyl (C=O) groups excluding carboxylic acids is 1. The van der Waals surface area contributed by atoms with Gasteiger partial charge in [0.2, 0.25) is 5.91 Å². The van der Waals surface area contributed by atoms with Crippen molar-refractivity contribution < 1.29 is 9.72 Å². The fraction of sp³-hybridized carbons (Fsp3) is 0.500. The number of likely N-dealkylation sites (tertiary alicyclic amines) is 1. The molecule has 0 saturated carbocycles. The normalized spacial score (nSPS) is 18.5. The monoisotopic (exact) mass is 292 g/mol. The zero-order valence-corrected chi connectivity index (χ0v) is 12.3. The van der Waals surface area contributed by atoms with Gasteiger partial charge in [-0.1, -0.05) is 0 Å². The Morgan fingerprint density at radius 1 is 1.52 bits per heavy atom. The molecular weight excluding hydrogens is 272 g/mol. The highest BCUT2D eigenvalue weighted by molar-refractivity contribution is 5.73. The van der Waals surface area contributed by atoms with Gasteiger partial charge in [0.05, 0.1) is 4.92 Å². The quantitative estimate of drug-likeness (QED) is 0.632. The summed E-state index contributed by atoms with van der Waals surface area (Å²) in [5, 5.41) is 16.9. The Morgan fingerprint density at radius 3 is 2.90 bits per heavy atom. The summed E-state index contributed by atoms with van der Waals surface area (Å²) in [6, 6.07) is 5.01. The summed E-state index contributed by atoms with van der Waals surface area (Å²) < 4.78 is 0. The smallest absolute Gasteiger partial charge is 0.269 e. The molecule has 0 radical (unpaired) electrons. The van der Waals surface area contributed by atoms with E-state index in [-0.39, 0.29) is 22.6 Å². The van der Waals surface area contributed by atoms with Crippen molar-refractivity contribution in [3.63, 3.8) is 0 Å². The third-order valence-electron chi connectivity index (χ3n) is 3.64. The molecule has 1 fully saturated rings. The molecule has 1 saturated heterocycles. The summed E-state index contributed by atoms with van der Waals surface area (Å²) in [6.45, 7) is 3.79. The van der Waals surface area contributed by atoms with Crippen LogP contribution in [-0.2, 0) is 11.3 Å². The second-order valence-electron chi connectivity index (χ2n) is 5.27. The van der Waals surface area contributed by atoms with Crippen molar-refractivity contribution in [1.82, 2.24) is 10.2 Å². The predicted octanol–water partition coefficient (Wildman–Crippen LogP) is 1.35. The van der Waals surface area contributed by atoms with Crippen molar-refractivity contribution in [2.24, 2.45) is 0 Å². The Morgan fingerprint density at radius 2 is 2.29 bits per heavy atom. The van der Waals surface area contributed by atoms with Crippen molar-refractivity contribution in [3.8, 4) is 0 Å². The minimum atomic E-state index is -0.382. The van der Waals surface area contributed by atoms with Crippen molar-refractivity contribution in [2.75, 3.05) is 25.5 Å². The van der Waals surface area contributed by atoms with Crippen LogP contribution < -0.4 is 10.6 Å². The summed E-state index contributed by atoms with van der Waals surface area (Å²) in [7, 11) is 1.80. The molecular formula is C14H20N4O3. The molecule has 2 N–H and O–H groups in total. The van der Waals surface area contributed by atoms with Crippen LogP contribution in [0.25, 0.3) is 0 Å². The lowest BCUT2D eigenvalue weighted by molar-refractivity contribution is -0.384. The largest absolute Gasteiger partial charge is 0.388 e. The molecule has 0 bridgehead atoms. The summed E-state index contributed by atoms with van der Waals surface area (Å²) in [6.07, 6.45) is 0.906. The van der Waals surface area contributed by atoms with Crippen molar-refractivity contribution in [2.45, 2.75) is 25.9 Å². The van der Waals surface area contributed by atoms with Gasteiger partial charge in [0, 0.05) is 57.5 Å². The van der Waals surface area contributed by atoms with E-state index in [2.05, 4.69) is 15.5 Å². The molecule has 0 spiro atoms. The average molecular weight is 292 g/mol. The van der Waals surface area contributed by atoms with Crippen LogP contribution in [0.2, 0.25) is 0 Å². The van der Waals surface area contributed by atoms with E-state index >= 15 is 0 Å². The Labute approximate surface area is 123 Å². The Hall–Kier alpha value is -2.15. The van der Waals surface area contributed by atoms with Crippen LogP contribution in [0.15, 0.2) is 18.2 Å². The maximum Gasteiger partial charge on any atom is 0.269 e. The number of anilines is 1. The molecule has 1 aliphatic heterocycles. The zero-order chi connectivity index (χ0) is 15.4. The first-order valence-electron chi connectivity index (χ1n) is 6.94. The summed E-state index contributed by atoms with van der Waals surface area (Å²) in [5.41, 5.74) is 1.89. The molecule has 1 aliphatic rings. The third kappa shape index (κ3) is 3.91. The van der Waals surface area contributed by atoms with Crippen molar-refractivity contribution >= 4 is 17.3 Å². The number of nitro benzene ring substituents is 1. The number of non-ortho nitro benzene ring substituents is 1. The van der Waals surface area contributed by atoms with Gasteiger partial charge in [0.1, 0.15) is 0 Å². The highest BCUT2D eigenvalue weighted by atomic mass is 16.6. The van der Waals surface area contributed by atoms with Crippen molar-refractivity contribution in [1.29, 1.82) is 0 Å². The first kappa shape index (κ1) is 15.2. The SMILES string of the molecule is CNc1ccc([N+](=O)[O-])cc1CN1CCC(NC(C)=O)C1. The zero-order valence-electron chi connectivity index (χ0n) is 12.3. The fourth-order valence-corrected chi connectivity index (χ4v) is 2.69. The van der Waals surface area contributed by atoms with Gasteiger partial charge in [0.15, 0.2) is 0 Å². The summed E-state index contributed by atoms with van der Waals surface area (Å²) >= 11 is 0. The molecule has 21 heavy (non-hydrogen) atoms. The van der Waals surface area contributed by atoms with E-state index in [1.807, 2.05) is 0 Å². The Kier molecular flexibility index (Phi) is 4.74. The van der Waals surface area contributed by atoms with Crippen molar-refractivity contribution in [3.05, 3.63) is 33.9 Å².